The van der Waals surface area contributed by atoms with Gasteiger partial charge in [0.05, 0.1) is 0 Å². The van der Waals surface area contributed by atoms with Crippen LogP contribution in [0, 0.1) is 11.2 Å². The van der Waals surface area contributed by atoms with Crippen molar-refractivity contribution in [3.8, 4) is 0 Å². The van der Waals surface area contributed by atoms with E-state index in [1.807, 2.05) is 0 Å². The molecule has 0 saturated carbocycles. The number of rotatable bonds is 2. The van der Waals surface area contributed by atoms with E-state index in [1.54, 1.807) is 12.1 Å². The zero-order chi connectivity index (χ0) is 12.6. The maximum atomic E-state index is 12.8. The van der Waals surface area contributed by atoms with E-state index in [9.17, 15) is 9.18 Å². The summed E-state index contributed by atoms with van der Waals surface area (Å²) in [5, 5.41) is 14.3. The molecule has 7 heteroatoms. The van der Waals surface area contributed by atoms with Crippen molar-refractivity contribution in [3.05, 3.63) is 41.7 Å². The molecule has 6 N–H and O–H groups in total. The highest BCUT2D eigenvalue weighted by Gasteiger charge is 1.95. The van der Waals surface area contributed by atoms with Crippen molar-refractivity contribution >= 4 is 30.4 Å². The van der Waals surface area contributed by atoms with Crippen LogP contribution >= 0.6 is 12.4 Å². The van der Waals surface area contributed by atoms with E-state index in [2.05, 4.69) is 11.5 Å². The number of guanidine groups is 1. The molecule has 17 heavy (non-hydrogen) atoms. The summed E-state index contributed by atoms with van der Waals surface area (Å²) in [5.41, 5.74) is 9.22. The molecule has 0 radical (unpaired) electrons. The molecule has 0 unspecified atom stereocenters. The minimum absolute atomic E-state index is 0. The first-order valence-electron chi connectivity index (χ1n) is 4.18. The summed E-state index contributed by atoms with van der Waals surface area (Å²) in [6.45, 7) is 0. The van der Waals surface area contributed by atoms with E-state index in [-0.39, 0.29) is 23.9 Å². The van der Waals surface area contributed by atoms with Crippen molar-refractivity contribution in [2.75, 3.05) is 0 Å². The Morgan fingerprint density at radius 2 is 1.82 bits per heavy atom. The highest BCUT2D eigenvalue weighted by Crippen LogP contribution is 2.07. The highest BCUT2D eigenvalue weighted by atomic mass is 35.5. The molecule has 0 atom stereocenters. The Labute approximate surface area is 104 Å². The zero-order valence-corrected chi connectivity index (χ0v) is 9.58. The van der Waals surface area contributed by atoms with Gasteiger partial charge in [-0.15, -0.1) is 12.4 Å². The molecule has 0 aliphatic rings. The molecule has 94 valence electrons. The van der Waals surface area contributed by atoms with E-state index in [0.29, 0.717) is 0 Å². The molecule has 0 aliphatic carbocycles. The molecule has 0 saturated heterocycles. The van der Waals surface area contributed by atoms with Gasteiger partial charge in [0.1, 0.15) is 5.82 Å². The molecule has 0 amide bonds. The number of hydrogen-bond acceptors (Lipinski definition) is 2. The Hall–Kier alpha value is -2.08. The number of aliphatic carboxylic acids is 1. The van der Waals surface area contributed by atoms with Crippen LogP contribution in [-0.2, 0) is 4.79 Å². The zero-order valence-electron chi connectivity index (χ0n) is 8.76. The standard InChI is InChI=1S/C9H7FO2.CH5N3.ClH/c10-8-4-2-1-3-7(8)5-6-9(11)12;2-1(3)4;/h1-6H,(H,11,12);(H5,2,3,4);1H. The van der Waals surface area contributed by atoms with Gasteiger partial charge in [0.15, 0.2) is 5.96 Å². The molecule has 0 bridgehead atoms. The van der Waals surface area contributed by atoms with Crippen LogP contribution < -0.4 is 11.5 Å². The lowest BCUT2D eigenvalue weighted by Crippen LogP contribution is -2.20. The summed E-state index contributed by atoms with van der Waals surface area (Å²) in [5.74, 6) is -1.84. The molecule has 1 aromatic carbocycles. The van der Waals surface area contributed by atoms with E-state index >= 15 is 0 Å². The fourth-order valence-corrected chi connectivity index (χ4v) is 0.771. The van der Waals surface area contributed by atoms with Crippen molar-refractivity contribution in [2.24, 2.45) is 11.5 Å². The van der Waals surface area contributed by atoms with Gasteiger partial charge in [0.2, 0.25) is 0 Å². The van der Waals surface area contributed by atoms with Crippen molar-refractivity contribution in [1.82, 2.24) is 0 Å². The van der Waals surface area contributed by atoms with E-state index in [4.69, 9.17) is 10.5 Å². The minimum atomic E-state index is -1.08. The Kier molecular flexibility index (Phi) is 9.34. The van der Waals surface area contributed by atoms with Crippen molar-refractivity contribution in [2.45, 2.75) is 0 Å². The van der Waals surface area contributed by atoms with Crippen molar-refractivity contribution in [1.29, 1.82) is 5.41 Å². The third kappa shape index (κ3) is 10.2. The summed E-state index contributed by atoms with van der Waals surface area (Å²) in [6.07, 6.45) is 2.12. The number of carboxylic acid groups (broad SMARTS) is 1. The molecule has 0 spiro atoms. The third-order valence-electron chi connectivity index (χ3n) is 1.31. The third-order valence-corrected chi connectivity index (χ3v) is 1.31. The second-order valence-corrected chi connectivity index (χ2v) is 2.65. The second-order valence-electron chi connectivity index (χ2n) is 2.65. The number of nitrogens with two attached hydrogens (primary N) is 2. The molecule has 1 rings (SSSR count). The van der Waals surface area contributed by atoms with Gasteiger partial charge in [0.25, 0.3) is 0 Å². The number of nitrogens with one attached hydrogen (secondary N) is 1. The average molecular weight is 262 g/mol. The lowest BCUT2D eigenvalue weighted by Gasteiger charge is -1.92. The first-order chi connectivity index (χ1) is 7.43. The van der Waals surface area contributed by atoms with Crippen LogP contribution in [0.4, 0.5) is 4.39 Å². The molecule has 0 aromatic heterocycles. The SMILES string of the molecule is Cl.N=C(N)N.O=C(O)C=Cc1ccccc1F. The number of hydrogen-bond donors (Lipinski definition) is 4. The lowest BCUT2D eigenvalue weighted by molar-refractivity contribution is -0.131. The van der Waals surface area contributed by atoms with Gasteiger partial charge in [0, 0.05) is 11.6 Å². The van der Waals surface area contributed by atoms with E-state index < -0.39 is 11.8 Å². The molecule has 1 aromatic rings. The minimum Gasteiger partial charge on any atom is -0.478 e. The first kappa shape index (κ1) is 17.3. The average Bonchev–Trinajstić information content (AvgIpc) is 2.15. The monoisotopic (exact) mass is 261 g/mol. The second kappa shape index (κ2) is 9.17. The first-order valence-corrected chi connectivity index (χ1v) is 4.18. The van der Waals surface area contributed by atoms with Gasteiger partial charge in [-0.05, 0) is 12.1 Å². The maximum absolute atomic E-state index is 12.8. The summed E-state index contributed by atoms with van der Waals surface area (Å²) >= 11 is 0. The Morgan fingerprint density at radius 3 is 2.24 bits per heavy atom. The largest absolute Gasteiger partial charge is 0.478 e. The van der Waals surface area contributed by atoms with Crippen LogP contribution in [0.25, 0.3) is 6.08 Å². The van der Waals surface area contributed by atoms with Crippen LogP contribution in [0.15, 0.2) is 30.3 Å². The predicted molar refractivity (Wildman–Crippen MR) is 66.4 cm³/mol. The quantitative estimate of drug-likeness (QED) is 0.364. The molecule has 0 aliphatic heterocycles. The van der Waals surface area contributed by atoms with E-state index in [0.717, 1.165) is 6.08 Å². The fourth-order valence-electron chi connectivity index (χ4n) is 0.771. The van der Waals surface area contributed by atoms with Crippen LogP contribution in [0.2, 0.25) is 0 Å². The normalized spacial score (nSPS) is 8.76. The number of carbonyl (C=O) groups is 1. The smallest absolute Gasteiger partial charge is 0.328 e. The molecule has 5 nitrogen and oxygen atoms in total. The molecular formula is C10H13ClFN3O2. The summed E-state index contributed by atoms with van der Waals surface area (Å²) in [6, 6.07) is 5.98. The molecular weight excluding hydrogens is 249 g/mol. The molecule has 0 heterocycles. The molecule has 0 fully saturated rings. The van der Waals surface area contributed by atoms with Gasteiger partial charge in [-0.2, -0.15) is 0 Å². The highest BCUT2D eigenvalue weighted by molar-refractivity contribution is 5.85. The van der Waals surface area contributed by atoms with Gasteiger partial charge < -0.3 is 16.6 Å². The van der Waals surface area contributed by atoms with Gasteiger partial charge >= 0.3 is 5.97 Å². The Bertz CT molecular complexity index is 406. The summed E-state index contributed by atoms with van der Waals surface area (Å²) in [4.78, 5) is 10.1. The van der Waals surface area contributed by atoms with E-state index in [1.165, 1.54) is 18.2 Å². The topological polar surface area (TPSA) is 113 Å². The van der Waals surface area contributed by atoms with Gasteiger partial charge in [-0.3, -0.25) is 5.41 Å². The summed E-state index contributed by atoms with van der Waals surface area (Å²) in [7, 11) is 0. The lowest BCUT2D eigenvalue weighted by atomic mass is 10.2. The number of benzene rings is 1. The van der Waals surface area contributed by atoms with Crippen LogP contribution in [0.3, 0.4) is 0 Å². The van der Waals surface area contributed by atoms with Crippen LogP contribution in [-0.4, -0.2) is 17.0 Å². The van der Waals surface area contributed by atoms with Crippen molar-refractivity contribution in [3.63, 3.8) is 0 Å². The van der Waals surface area contributed by atoms with Gasteiger partial charge in [-0.25, -0.2) is 9.18 Å². The maximum Gasteiger partial charge on any atom is 0.328 e. The van der Waals surface area contributed by atoms with Crippen LogP contribution in [0.5, 0.6) is 0 Å². The Balaban J connectivity index is 0. The number of halogens is 2. The predicted octanol–water partition coefficient (Wildman–Crippen LogP) is 1.18. The fraction of sp³-hybridized carbons (Fsp3) is 0. The van der Waals surface area contributed by atoms with Gasteiger partial charge in [-0.1, -0.05) is 18.2 Å². The Morgan fingerprint density at radius 1 is 1.35 bits per heavy atom. The van der Waals surface area contributed by atoms with Crippen molar-refractivity contribution < 1.29 is 14.3 Å². The summed E-state index contributed by atoms with van der Waals surface area (Å²) < 4.78 is 12.8. The number of carboxylic acids is 1. The van der Waals surface area contributed by atoms with Crippen LogP contribution in [0.1, 0.15) is 5.56 Å².